The van der Waals surface area contributed by atoms with E-state index in [1.54, 1.807) is 42.5 Å². The van der Waals surface area contributed by atoms with Gasteiger partial charge in [-0.3, -0.25) is 13.9 Å². The summed E-state index contributed by atoms with van der Waals surface area (Å²) in [5.41, 5.74) is 2.62. The van der Waals surface area contributed by atoms with E-state index in [4.69, 9.17) is 32.7 Å². The summed E-state index contributed by atoms with van der Waals surface area (Å²) in [7, 11) is -1.49. The molecule has 9 nitrogen and oxygen atoms in total. The van der Waals surface area contributed by atoms with Gasteiger partial charge in [-0.2, -0.15) is 0 Å². The second kappa shape index (κ2) is 16.9. The number of rotatable bonds is 15. The van der Waals surface area contributed by atoms with E-state index in [0.29, 0.717) is 22.9 Å². The van der Waals surface area contributed by atoms with Gasteiger partial charge in [-0.05, 0) is 60.4 Å². The summed E-state index contributed by atoms with van der Waals surface area (Å²) in [5, 5.41) is 3.60. The number of ether oxygens (including phenoxy) is 2. The summed E-state index contributed by atoms with van der Waals surface area (Å²) in [6.45, 7) is 5.57. The van der Waals surface area contributed by atoms with E-state index in [2.05, 4.69) is 5.32 Å². The Labute approximate surface area is 298 Å². The molecule has 0 saturated heterocycles. The van der Waals surface area contributed by atoms with Gasteiger partial charge in [0.1, 0.15) is 12.6 Å². The summed E-state index contributed by atoms with van der Waals surface area (Å²) < 4.78 is 40.5. The van der Waals surface area contributed by atoms with Crippen molar-refractivity contribution in [2.45, 2.75) is 44.7 Å². The van der Waals surface area contributed by atoms with E-state index < -0.39 is 28.5 Å². The van der Waals surface area contributed by atoms with Gasteiger partial charge >= 0.3 is 0 Å². The highest BCUT2D eigenvalue weighted by Crippen LogP contribution is 2.33. The normalized spacial score (nSPS) is 11.9. The molecule has 1 atom stereocenters. The van der Waals surface area contributed by atoms with E-state index >= 15 is 0 Å². The molecule has 0 heterocycles. The van der Waals surface area contributed by atoms with Crippen LogP contribution in [0.3, 0.4) is 0 Å². The van der Waals surface area contributed by atoms with Crippen LogP contribution in [0.15, 0.2) is 95.9 Å². The lowest BCUT2D eigenvalue weighted by Gasteiger charge is -2.34. The third kappa shape index (κ3) is 9.68. The molecule has 1 N–H and O–H groups in total. The molecule has 0 unspecified atom stereocenters. The molecule has 0 saturated carbocycles. The molecule has 0 fully saturated rings. The lowest BCUT2D eigenvalue weighted by Crippen LogP contribution is -2.53. The van der Waals surface area contributed by atoms with Crippen LogP contribution in [0, 0.1) is 12.8 Å². The zero-order chi connectivity index (χ0) is 35.7. The fourth-order valence-corrected chi connectivity index (χ4v) is 6.91. The van der Waals surface area contributed by atoms with Crippen LogP contribution in [0.4, 0.5) is 5.69 Å². The number of sulfonamides is 1. The Morgan fingerprint density at radius 2 is 1.49 bits per heavy atom. The number of amides is 2. The van der Waals surface area contributed by atoms with Gasteiger partial charge in [-0.15, -0.1) is 0 Å². The Morgan fingerprint density at radius 3 is 2.10 bits per heavy atom. The lowest BCUT2D eigenvalue weighted by atomic mass is 10.0. The first kappa shape index (κ1) is 37.6. The van der Waals surface area contributed by atoms with Crippen LogP contribution < -0.4 is 19.1 Å². The number of benzene rings is 4. The largest absolute Gasteiger partial charge is 0.493 e. The van der Waals surface area contributed by atoms with Crippen molar-refractivity contribution in [1.29, 1.82) is 0 Å². The molecule has 260 valence electrons. The van der Waals surface area contributed by atoms with E-state index in [9.17, 15) is 18.0 Å². The van der Waals surface area contributed by atoms with Crippen molar-refractivity contribution in [3.8, 4) is 11.5 Å². The number of hydrogen-bond donors (Lipinski definition) is 1. The first-order chi connectivity index (χ1) is 23.3. The minimum Gasteiger partial charge on any atom is -0.493 e. The van der Waals surface area contributed by atoms with Gasteiger partial charge in [0.15, 0.2) is 11.5 Å². The van der Waals surface area contributed by atoms with E-state index in [1.807, 2.05) is 51.1 Å². The van der Waals surface area contributed by atoms with Gasteiger partial charge < -0.3 is 19.7 Å². The molecule has 0 aliphatic carbocycles. The number of halogens is 2. The highest BCUT2D eigenvalue weighted by molar-refractivity contribution is 7.92. The van der Waals surface area contributed by atoms with Crippen molar-refractivity contribution >= 4 is 50.7 Å². The number of methoxy groups -OCH3 is 2. The maximum atomic E-state index is 14.7. The van der Waals surface area contributed by atoms with Crippen LogP contribution in [0.25, 0.3) is 0 Å². The first-order valence-electron chi connectivity index (χ1n) is 15.7. The number of nitrogens with one attached hydrogen (secondary N) is 1. The van der Waals surface area contributed by atoms with Crippen LogP contribution >= 0.6 is 23.2 Å². The van der Waals surface area contributed by atoms with E-state index in [1.165, 1.54) is 37.3 Å². The summed E-state index contributed by atoms with van der Waals surface area (Å²) in [4.78, 5) is 29.9. The molecule has 0 bridgehead atoms. The number of nitrogens with zero attached hydrogens (tertiary/aromatic N) is 2. The number of aryl methyl sites for hydroxylation is 1. The number of carbonyl (C=O) groups is 2. The Morgan fingerprint density at radius 1 is 0.816 bits per heavy atom. The molecule has 49 heavy (non-hydrogen) atoms. The van der Waals surface area contributed by atoms with Crippen molar-refractivity contribution in [3.05, 3.63) is 118 Å². The fourth-order valence-electron chi connectivity index (χ4n) is 5.16. The minimum atomic E-state index is -4.35. The van der Waals surface area contributed by atoms with Crippen LogP contribution in [0.1, 0.15) is 30.5 Å². The quantitative estimate of drug-likeness (QED) is 0.143. The molecular weight excluding hydrogens is 685 g/mol. The number of anilines is 1. The average molecular weight is 727 g/mol. The molecule has 0 aliphatic heterocycles. The molecule has 0 aliphatic rings. The highest BCUT2D eigenvalue weighted by Gasteiger charge is 2.35. The molecule has 12 heteroatoms. The minimum absolute atomic E-state index is 0.0412. The third-order valence-corrected chi connectivity index (χ3v) is 10.3. The summed E-state index contributed by atoms with van der Waals surface area (Å²) in [6.07, 6.45) is 0.185. The predicted octanol–water partition coefficient (Wildman–Crippen LogP) is 6.93. The van der Waals surface area contributed by atoms with Crippen LogP contribution in [-0.2, 0) is 32.6 Å². The predicted molar refractivity (Wildman–Crippen MR) is 194 cm³/mol. The highest BCUT2D eigenvalue weighted by atomic mass is 35.5. The Kier molecular flexibility index (Phi) is 13.0. The lowest BCUT2D eigenvalue weighted by molar-refractivity contribution is -0.140. The van der Waals surface area contributed by atoms with Gasteiger partial charge in [0, 0.05) is 25.6 Å². The molecule has 2 amide bonds. The van der Waals surface area contributed by atoms with Gasteiger partial charge in [-0.1, -0.05) is 91.1 Å². The van der Waals surface area contributed by atoms with Crippen LogP contribution in [0.5, 0.6) is 11.5 Å². The van der Waals surface area contributed by atoms with Crippen molar-refractivity contribution in [1.82, 2.24) is 10.2 Å². The maximum Gasteiger partial charge on any atom is 0.264 e. The topological polar surface area (TPSA) is 105 Å². The zero-order valence-electron chi connectivity index (χ0n) is 28.2. The second-order valence-electron chi connectivity index (χ2n) is 12.0. The monoisotopic (exact) mass is 725 g/mol. The number of carbonyl (C=O) groups excluding carboxylic acids is 2. The van der Waals surface area contributed by atoms with E-state index in [0.717, 1.165) is 15.4 Å². The van der Waals surface area contributed by atoms with Gasteiger partial charge in [0.05, 0.1) is 34.8 Å². The summed E-state index contributed by atoms with van der Waals surface area (Å²) in [5.74, 6) is -0.246. The molecular formula is C37H41Cl2N3O6S. The summed E-state index contributed by atoms with van der Waals surface area (Å²) in [6, 6.07) is 24.4. The molecule has 4 aromatic rings. The maximum absolute atomic E-state index is 14.7. The smallest absolute Gasteiger partial charge is 0.264 e. The standard InChI is InChI=1S/C37H41Cl2N3O6S/c1-25(2)22-40-37(44)33(20-27-9-7-6-8-10-27)41(23-28-13-17-31(38)32(39)19-28)36(43)24-42(29-14-11-26(3)12-15-29)49(45,46)30-16-18-34(47-4)35(21-30)48-5/h6-19,21,25,33H,20,22-24H2,1-5H3,(H,40,44)/t33-/m0/s1. The Bertz CT molecular complexity index is 1850. The Hall–Kier alpha value is -4.25. The second-order valence-corrected chi connectivity index (χ2v) is 14.7. The van der Waals surface area contributed by atoms with Crippen LogP contribution in [0.2, 0.25) is 10.0 Å². The summed E-state index contributed by atoms with van der Waals surface area (Å²) >= 11 is 12.6. The molecule has 4 rings (SSSR count). The zero-order valence-corrected chi connectivity index (χ0v) is 30.5. The SMILES string of the molecule is COc1ccc(S(=O)(=O)N(CC(=O)N(Cc2ccc(Cl)c(Cl)c2)[C@@H](Cc2ccccc2)C(=O)NCC(C)C)c2ccc(C)cc2)cc1OC. The first-order valence-corrected chi connectivity index (χ1v) is 17.9. The molecule has 4 aromatic carbocycles. The Balaban J connectivity index is 1.83. The van der Waals surface area contributed by atoms with Crippen molar-refractivity contribution in [2.75, 3.05) is 31.6 Å². The molecule has 0 aromatic heterocycles. The van der Waals surface area contributed by atoms with Gasteiger partial charge in [0.2, 0.25) is 11.8 Å². The van der Waals surface area contributed by atoms with Crippen molar-refractivity contribution < 1.29 is 27.5 Å². The van der Waals surface area contributed by atoms with Crippen molar-refractivity contribution in [2.24, 2.45) is 5.92 Å². The van der Waals surface area contributed by atoms with E-state index in [-0.39, 0.29) is 46.1 Å². The third-order valence-electron chi connectivity index (χ3n) is 7.84. The average Bonchev–Trinajstić information content (AvgIpc) is 3.09. The number of hydrogen-bond acceptors (Lipinski definition) is 6. The molecule has 0 spiro atoms. The van der Waals surface area contributed by atoms with Gasteiger partial charge in [0.25, 0.3) is 10.0 Å². The fraction of sp³-hybridized carbons (Fsp3) is 0.297. The molecule has 0 radical (unpaired) electrons. The van der Waals surface area contributed by atoms with Gasteiger partial charge in [-0.25, -0.2) is 8.42 Å². The van der Waals surface area contributed by atoms with Crippen LogP contribution in [-0.4, -0.2) is 58.5 Å². The van der Waals surface area contributed by atoms with Crippen molar-refractivity contribution in [3.63, 3.8) is 0 Å².